The molecule has 0 fully saturated rings. The quantitative estimate of drug-likeness (QED) is 0.890. The van der Waals surface area contributed by atoms with E-state index in [0.717, 1.165) is 11.3 Å². The number of nitrogens with one attached hydrogen (secondary N) is 1. The summed E-state index contributed by atoms with van der Waals surface area (Å²) in [6.45, 7) is 2.35. The van der Waals surface area contributed by atoms with Crippen LogP contribution >= 0.6 is 11.6 Å². The lowest BCUT2D eigenvalue weighted by molar-refractivity contribution is 0.187. The highest BCUT2D eigenvalue weighted by Crippen LogP contribution is 2.20. The van der Waals surface area contributed by atoms with Gasteiger partial charge < -0.3 is 10.4 Å². The standard InChI is InChI=1S/C14H15ClN2O/c1-10-5-6-11(8-12(10)15)17-9-14(18)13-4-2-3-7-16-13/h2-8,14,17-18H,9H2,1H3. The van der Waals surface area contributed by atoms with Crippen molar-refractivity contribution in [3.63, 3.8) is 0 Å². The maximum atomic E-state index is 9.95. The lowest BCUT2D eigenvalue weighted by atomic mass is 10.2. The minimum atomic E-state index is -0.633. The molecule has 0 aliphatic carbocycles. The number of rotatable bonds is 4. The van der Waals surface area contributed by atoms with Gasteiger partial charge in [0.05, 0.1) is 5.69 Å². The summed E-state index contributed by atoms with van der Waals surface area (Å²) >= 11 is 6.03. The van der Waals surface area contributed by atoms with Gasteiger partial charge in [-0.1, -0.05) is 23.7 Å². The molecule has 1 heterocycles. The van der Waals surface area contributed by atoms with Crippen molar-refractivity contribution >= 4 is 17.3 Å². The highest BCUT2D eigenvalue weighted by Gasteiger charge is 2.08. The monoisotopic (exact) mass is 262 g/mol. The van der Waals surface area contributed by atoms with Gasteiger partial charge in [0, 0.05) is 23.5 Å². The number of hydrogen-bond donors (Lipinski definition) is 2. The fourth-order valence-corrected chi connectivity index (χ4v) is 1.78. The number of benzene rings is 1. The highest BCUT2D eigenvalue weighted by atomic mass is 35.5. The zero-order chi connectivity index (χ0) is 13.0. The number of aromatic nitrogens is 1. The molecule has 0 aliphatic heterocycles. The largest absolute Gasteiger partial charge is 0.385 e. The van der Waals surface area contributed by atoms with Crippen LogP contribution < -0.4 is 5.32 Å². The molecule has 0 spiro atoms. The van der Waals surface area contributed by atoms with Crippen LogP contribution in [-0.2, 0) is 0 Å². The zero-order valence-corrected chi connectivity index (χ0v) is 10.9. The van der Waals surface area contributed by atoms with Gasteiger partial charge in [-0.15, -0.1) is 0 Å². The van der Waals surface area contributed by atoms with Crippen LogP contribution in [0.1, 0.15) is 17.4 Å². The third kappa shape index (κ3) is 3.22. The predicted molar refractivity (Wildman–Crippen MR) is 73.9 cm³/mol. The molecule has 0 amide bonds. The number of aryl methyl sites for hydroxylation is 1. The zero-order valence-electron chi connectivity index (χ0n) is 10.1. The van der Waals surface area contributed by atoms with Crippen molar-refractivity contribution in [1.29, 1.82) is 0 Å². The van der Waals surface area contributed by atoms with Gasteiger partial charge in [0.2, 0.25) is 0 Å². The van der Waals surface area contributed by atoms with E-state index in [4.69, 9.17) is 11.6 Å². The molecule has 0 bridgehead atoms. The molecule has 2 N–H and O–H groups in total. The Morgan fingerprint density at radius 2 is 2.17 bits per heavy atom. The molecular weight excluding hydrogens is 248 g/mol. The molecule has 1 atom stereocenters. The summed E-state index contributed by atoms with van der Waals surface area (Å²) < 4.78 is 0. The number of aliphatic hydroxyl groups excluding tert-OH is 1. The van der Waals surface area contributed by atoms with Crippen molar-refractivity contribution in [1.82, 2.24) is 4.98 Å². The predicted octanol–water partition coefficient (Wildman–Crippen LogP) is 3.19. The Morgan fingerprint density at radius 1 is 1.33 bits per heavy atom. The fourth-order valence-electron chi connectivity index (χ4n) is 1.59. The number of hydrogen-bond acceptors (Lipinski definition) is 3. The van der Waals surface area contributed by atoms with Crippen molar-refractivity contribution in [3.8, 4) is 0 Å². The van der Waals surface area contributed by atoms with Gasteiger partial charge in [-0.3, -0.25) is 4.98 Å². The van der Waals surface area contributed by atoms with Gasteiger partial charge >= 0.3 is 0 Å². The Kier molecular flexibility index (Phi) is 4.18. The summed E-state index contributed by atoms with van der Waals surface area (Å²) in [7, 11) is 0. The van der Waals surface area contributed by atoms with Gasteiger partial charge in [0.1, 0.15) is 6.10 Å². The molecule has 1 aromatic carbocycles. The number of aliphatic hydroxyl groups is 1. The Balaban J connectivity index is 1.97. The van der Waals surface area contributed by atoms with E-state index < -0.39 is 6.10 Å². The topological polar surface area (TPSA) is 45.1 Å². The average Bonchev–Trinajstić information content (AvgIpc) is 2.41. The van der Waals surface area contributed by atoms with Crippen LogP contribution in [0.5, 0.6) is 0 Å². The summed E-state index contributed by atoms with van der Waals surface area (Å²) in [6.07, 6.45) is 1.03. The summed E-state index contributed by atoms with van der Waals surface area (Å²) in [6, 6.07) is 11.2. The maximum Gasteiger partial charge on any atom is 0.113 e. The summed E-state index contributed by atoms with van der Waals surface area (Å²) in [4.78, 5) is 4.11. The van der Waals surface area contributed by atoms with Crippen LogP contribution in [0.3, 0.4) is 0 Å². The van der Waals surface area contributed by atoms with Crippen molar-refractivity contribution in [3.05, 3.63) is 58.9 Å². The molecule has 0 radical (unpaired) electrons. The van der Waals surface area contributed by atoms with E-state index in [1.54, 1.807) is 12.3 Å². The van der Waals surface area contributed by atoms with Crippen LogP contribution in [-0.4, -0.2) is 16.6 Å². The van der Waals surface area contributed by atoms with Crippen molar-refractivity contribution in [2.75, 3.05) is 11.9 Å². The van der Waals surface area contributed by atoms with Gasteiger partial charge in [-0.2, -0.15) is 0 Å². The Hall–Kier alpha value is -1.58. The number of pyridine rings is 1. The van der Waals surface area contributed by atoms with E-state index in [2.05, 4.69) is 10.3 Å². The minimum Gasteiger partial charge on any atom is -0.385 e. The smallest absolute Gasteiger partial charge is 0.113 e. The average molecular weight is 263 g/mol. The van der Waals surface area contributed by atoms with Crippen molar-refractivity contribution < 1.29 is 5.11 Å². The third-order valence-electron chi connectivity index (χ3n) is 2.70. The van der Waals surface area contributed by atoms with Crippen LogP contribution in [0.2, 0.25) is 5.02 Å². The molecule has 0 saturated carbocycles. The summed E-state index contributed by atoms with van der Waals surface area (Å²) in [5.41, 5.74) is 2.58. The third-order valence-corrected chi connectivity index (χ3v) is 3.11. The summed E-state index contributed by atoms with van der Waals surface area (Å²) in [5.74, 6) is 0. The van der Waals surface area contributed by atoms with E-state index in [9.17, 15) is 5.11 Å². The first kappa shape index (κ1) is 12.9. The molecule has 2 rings (SSSR count). The Labute approximate surface area is 111 Å². The Morgan fingerprint density at radius 3 is 2.83 bits per heavy atom. The molecule has 0 saturated heterocycles. The molecule has 18 heavy (non-hydrogen) atoms. The first-order valence-corrected chi connectivity index (χ1v) is 6.13. The van der Waals surface area contributed by atoms with E-state index in [1.165, 1.54) is 0 Å². The second-order valence-electron chi connectivity index (χ2n) is 4.12. The Bertz CT molecular complexity index is 516. The lowest BCUT2D eigenvalue weighted by Gasteiger charge is -2.12. The van der Waals surface area contributed by atoms with E-state index in [1.807, 2.05) is 37.3 Å². The van der Waals surface area contributed by atoms with Gasteiger partial charge in [-0.25, -0.2) is 0 Å². The first-order valence-electron chi connectivity index (χ1n) is 5.76. The molecule has 1 aromatic heterocycles. The van der Waals surface area contributed by atoms with Gasteiger partial charge in [0.15, 0.2) is 0 Å². The first-order chi connectivity index (χ1) is 8.66. The van der Waals surface area contributed by atoms with Crippen LogP contribution in [0.4, 0.5) is 5.69 Å². The van der Waals surface area contributed by atoms with E-state index in [0.29, 0.717) is 17.3 Å². The molecule has 3 nitrogen and oxygen atoms in total. The van der Waals surface area contributed by atoms with Gasteiger partial charge in [-0.05, 0) is 36.8 Å². The molecule has 94 valence electrons. The van der Waals surface area contributed by atoms with Crippen LogP contribution in [0, 0.1) is 6.92 Å². The maximum absolute atomic E-state index is 9.95. The van der Waals surface area contributed by atoms with E-state index >= 15 is 0 Å². The highest BCUT2D eigenvalue weighted by molar-refractivity contribution is 6.31. The number of nitrogens with zero attached hydrogens (tertiary/aromatic N) is 1. The molecule has 2 aromatic rings. The molecule has 0 aliphatic rings. The van der Waals surface area contributed by atoms with Crippen molar-refractivity contribution in [2.24, 2.45) is 0 Å². The second kappa shape index (κ2) is 5.85. The van der Waals surface area contributed by atoms with Crippen molar-refractivity contribution in [2.45, 2.75) is 13.0 Å². The van der Waals surface area contributed by atoms with E-state index in [-0.39, 0.29) is 0 Å². The molecule has 4 heteroatoms. The second-order valence-corrected chi connectivity index (χ2v) is 4.52. The van der Waals surface area contributed by atoms with Crippen LogP contribution in [0.25, 0.3) is 0 Å². The summed E-state index contributed by atoms with van der Waals surface area (Å²) in [5, 5.41) is 13.8. The lowest BCUT2D eigenvalue weighted by Crippen LogP contribution is -2.13. The molecule has 1 unspecified atom stereocenters. The number of anilines is 1. The number of halogens is 1. The SMILES string of the molecule is Cc1ccc(NCC(O)c2ccccn2)cc1Cl. The molecular formula is C14H15ClN2O. The normalized spacial score (nSPS) is 12.2. The minimum absolute atomic E-state index is 0.399. The van der Waals surface area contributed by atoms with Gasteiger partial charge in [0.25, 0.3) is 0 Å². The fraction of sp³-hybridized carbons (Fsp3) is 0.214. The van der Waals surface area contributed by atoms with Crippen LogP contribution in [0.15, 0.2) is 42.6 Å².